The second-order valence-corrected chi connectivity index (χ2v) is 6.30. The summed E-state index contributed by atoms with van der Waals surface area (Å²) in [7, 11) is 0. The van der Waals surface area contributed by atoms with Gasteiger partial charge in [-0.05, 0) is 60.2 Å². The van der Waals surface area contributed by atoms with Crippen molar-refractivity contribution >= 4 is 5.97 Å². The number of carboxylic acids is 1. The number of hydrogen-bond donors (Lipinski definition) is 1. The van der Waals surface area contributed by atoms with E-state index < -0.39 is 5.97 Å². The van der Waals surface area contributed by atoms with Crippen molar-refractivity contribution in [2.45, 2.75) is 12.8 Å². The molecule has 6 aliphatic carbocycles. The molecular weight excluding hydrogens is 176 g/mol. The number of rotatable bonds is 1. The first-order valence-corrected chi connectivity index (χ1v) is 6.02. The molecule has 0 heterocycles. The van der Waals surface area contributed by atoms with E-state index in [0.29, 0.717) is 11.8 Å². The summed E-state index contributed by atoms with van der Waals surface area (Å²) in [6, 6.07) is 0. The smallest absolute Gasteiger partial charge is 0.307 e. The molecule has 0 spiro atoms. The highest BCUT2D eigenvalue weighted by molar-refractivity contribution is 5.73. The average molecular weight is 190 g/mol. The zero-order chi connectivity index (χ0) is 9.19. The molecule has 0 radical (unpaired) electrons. The van der Waals surface area contributed by atoms with Gasteiger partial charge in [-0.3, -0.25) is 4.79 Å². The first-order chi connectivity index (χ1) is 6.79. The summed E-state index contributed by atoms with van der Waals surface area (Å²) in [4.78, 5) is 11.3. The molecular formula is C12H14O2. The van der Waals surface area contributed by atoms with Gasteiger partial charge in [-0.25, -0.2) is 0 Å². The summed E-state index contributed by atoms with van der Waals surface area (Å²) in [5.41, 5.74) is 0. The quantitative estimate of drug-likeness (QED) is 0.679. The number of aliphatic carboxylic acids is 1. The van der Waals surface area contributed by atoms with Crippen LogP contribution in [0, 0.1) is 53.3 Å². The number of carboxylic acid groups (broad SMARTS) is 1. The Balaban J connectivity index is 1.77. The zero-order valence-corrected chi connectivity index (χ0v) is 7.97. The molecule has 1 N–H and O–H groups in total. The van der Waals surface area contributed by atoms with Gasteiger partial charge in [-0.15, -0.1) is 0 Å². The van der Waals surface area contributed by atoms with E-state index in [1.807, 2.05) is 0 Å². The summed E-state index contributed by atoms with van der Waals surface area (Å²) < 4.78 is 0. The highest BCUT2D eigenvalue weighted by atomic mass is 16.4. The SMILES string of the molecule is O=C(O)C1C2C3CC4C5CC(C42)[C@@H]1C53. The third kappa shape index (κ3) is 0.409. The van der Waals surface area contributed by atoms with Crippen molar-refractivity contribution in [3.8, 4) is 0 Å². The standard InChI is InChI=1S/C12H14O2/c13-12(14)11-9-5-1-3-4-2-6(7(3)9)10(11)8(4)5/h3-11H,1-2H2,(H,13,14)/t3?,4?,5?,6?,7?,8?,9-,10?,11?/m1/s1. The van der Waals surface area contributed by atoms with Gasteiger partial charge in [0.2, 0.25) is 0 Å². The predicted octanol–water partition coefficient (Wildman–Crippen LogP) is 1.47. The lowest BCUT2D eigenvalue weighted by Crippen LogP contribution is -2.30. The van der Waals surface area contributed by atoms with Crippen LogP contribution in [0.25, 0.3) is 0 Å². The van der Waals surface area contributed by atoms with E-state index in [1.165, 1.54) is 12.8 Å². The van der Waals surface area contributed by atoms with Crippen molar-refractivity contribution in [3.63, 3.8) is 0 Å². The largest absolute Gasteiger partial charge is 0.481 e. The van der Waals surface area contributed by atoms with Crippen LogP contribution in [0.3, 0.4) is 0 Å². The Morgan fingerprint density at radius 3 is 1.79 bits per heavy atom. The fourth-order valence-electron chi connectivity index (χ4n) is 6.95. The Morgan fingerprint density at radius 2 is 1.36 bits per heavy atom. The summed E-state index contributed by atoms with van der Waals surface area (Å²) >= 11 is 0. The summed E-state index contributed by atoms with van der Waals surface area (Å²) in [6.45, 7) is 0. The van der Waals surface area contributed by atoms with Crippen LogP contribution >= 0.6 is 0 Å². The lowest BCUT2D eigenvalue weighted by molar-refractivity contribution is -0.143. The molecule has 74 valence electrons. The molecule has 8 unspecified atom stereocenters. The molecule has 6 rings (SSSR count). The van der Waals surface area contributed by atoms with E-state index in [-0.39, 0.29) is 5.92 Å². The highest BCUT2D eigenvalue weighted by Crippen LogP contribution is 2.84. The van der Waals surface area contributed by atoms with Crippen LogP contribution in [0.2, 0.25) is 0 Å². The lowest BCUT2D eigenvalue weighted by Gasteiger charge is -2.33. The molecule has 9 atom stereocenters. The van der Waals surface area contributed by atoms with Crippen LogP contribution in [-0.2, 0) is 4.79 Å². The summed E-state index contributed by atoms with van der Waals surface area (Å²) in [5.74, 6) is 6.22. The van der Waals surface area contributed by atoms with Gasteiger partial charge < -0.3 is 5.11 Å². The molecule has 6 bridgehead atoms. The van der Waals surface area contributed by atoms with Gasteiger partial charge >= 0.3 is 5.97 Å². The molecule has 0 aromatic rings. The van der Waals surface area contributed by atoms with Crippen LogP contribution < -0.4 is 0 Å². The fraction of sp³-hybridized carbons (Fsp3) is 0.917. The summed E-state index contributed by atoms with van der Waals surface area (Å²) in [5, 5.41) is 9.33. The second kappa shape index (κ2) is 1.66. The molecule has 6 fully saturated rings. The predicted molar refractivity (Wildman–Crippen MR) is 48.3 cm³/mol. The van der Waals surface area contributed by atoms with Crippen molar-refractivity contribution in [3.05, 3.63) is 0 Å². The van der Waals surface area contributed by atoms with Crippen molar-refractivity contribution in [1.29, 1.82) is 0 Å². The maximum atomic E-state index is 11.3. The van der Waals surface area contributed by atoms with Gasteiger partial charge in [0, 0.05) is 0 Å². The summed E-state index contributed by atoms with van der Waals surface area (Å²) in [6.07, 6.45) is 2.81. The molecule has 14 heavy (non-hydrogen) atoms. The molecule has 2 heteroatoms. The van der Waals surface area contributed by atoms with Crippen LogP contribution in [-0.4, -0.2) is 11.1 Å². The molecule has 2 nitrogen and oxygen atoms in total. The van der Waals surface area contributed by atoms with Crippen molar-refractivity contribution < 1.29 is 9.90 Å². The maximum Gasteiger partial charge on any atom is 0.307 e. The Labute approximate surface area is 82.7 Å². The maximum absolute atomic E-state index is 11.3. The van der Waals surface area contributed by atoms with Crippen LogP contribution in [0.15, 0.2) is 0 Å². The third-order valence-corrected chi connectivity index (χ3v) is 6.61. The Kier molecular flexibility index (Phi) is 0.812. The fourth-order valence-corrected chi connectivity index (χ4v) is 6.95. The van der Waals surface area contributed by atoms with E-state index in [2.05, 4.69) is 0 Å². The van der Waals surface area contributed by atoms with Gasteiger partial charge in [-0.1, -0.05) is 0 Å². The molecule has 6 saturated carbocycles. The van der Waals surface area contributed by atoms with Crippen LogP contribution in [0.4, 0.5) is 0 Å². The molecule has 0 aromatic carbocycles. The molecule has 6 aliphatic rings. The van der Waals surface area contributed by atoms with E-state index in [9.17, 15) is 9.90 Å². The molecule has 0 amide bonds. The van der Waals surface area contributed by atoms with Gasteiger partial charge in [0.05, 0.1) is 5.92 Å². The van der Waals surface area contributed by atoms with Crippen molar-refractivity contribution in [2.24, 2.45) is 53.3 Å². The van der Waals surface area contributed by atoms with E-state index in [0.717, 1.165) is 35.5 Å². The zero-order valence-electron chi connectivity index (χ0n) is 7.97. The average Bonchev–Trinajstić information content (AvgIpc) is 2.76. The van der Waals surface area contributed by atoms with Gasteiger partial charge in [-0.2, -0.15) is 0 Å². The number of carbonyl (C=O) groups is 1. The first kappa shape index (κ1) is 6.86. The van der Waals surface area contributed by atoms with Crippen molar-refractivity contribution in [1.82, 2.24) is 0 Å². The number of hydrogen-bond acceptors (Lipinski definition) is 1. The second-order valence-electron chi connectivity index (χ2n) is 6.30. The van der Waals surface area contributed by atoms with Crippen LogP contribution in [0.1, 0.15) is 12.8 Å². The highest BCUT2D eigenvalue weighted by Gasteiger charge is 2.81. The normalized spacial score (nSPS) is 74.4. The van der Waals surface area contributed by atoms with Crippen LogP contribution in [0.5, 0.6) is 0 Å². The minimum absolute atomic E-state index is 0.0810. The topological polar surface area (TPSA) is 37.3 Å². The first-order valence-electron chi connectivity index (χ1n) is 6.02. The molecule has 0 aliphatic heterocycles. The Morgan fingerprint density at radius 1 is 0.857 bits per heavy atom. The monoisotopic (exact) mass is 190 g/mol. The minimum Gasteiger partial charge on any atom is -0.481 e. The van der Waals surface area contributed by atoms with Crippen molar-refractivity contribution in [2.75, 3.05) is 0 Å². The minimum atomic E-state index is -0.469. The Hall–Kier alpha value is -0.530. The molecule has 0 saturated heterocycles. The van der Waals surface area contributed by atoms with E-state index in [1.54, 1.807) is 0 Å². The lowest BCUT2D eigenvalue weighted by atomic mass is 9.71. The van der Waals surface area contributed by atoms with Gasteiger partial charge in [0.25, 0.3) is 0 Å². The Bertz CT molecular complexity index is 335. The third-order valence-electron chi connectivity index (χ3n) is 6.61. The van der Waals surface area contributed by atoms with Gasteiger partial charge in [0.15, 0.2) is 0 Å². The van der Waals surface area contributed by atoms with Gasteiger partial charge in [0.1, 0.15) is 0 Å². The van der Waals surface area contributed by atoms with E-state index >= 15 is 0 Å². The van der Waals surface area contributed by atoms with E-state index in [4.69, 9.17) is 0 Å². The molecule has 0 aromatic heterocycles.